The molecule has 0 fully saturated rings. The van der Waals surface area contributed by atoms with Crippen molar-refractivity contribution in [2.45, 2.75) is 24.8 Å². The van der Waals surface area contributed by atoms with E-state index in [9.17, 15) is 17.6 Å². The van der Waals surface area contributed by atoms with Gasteiger partial charge in [-0.15, -0.1) is 0 Å². The third-order valence-electron chi connectivity index (χ3n) is 2.08. The van der Waals surface area contributed by atoms with Gasteiger partial charge in [-0.05, 0) is 31.5 Å². The first-order chi connectivity index (χ1) is 7.74. The molecule has 0 saturated heterocycles. The zero-order chi connectivity index (χ0) is 13.2. The maximum Gasteiger partial charge on any atom is 0.321 e. The van der Waals surface area contributed by atoms with E-state index in [-0.39, 0.29) is 0 Å². The average molecular weight is 261 g/mol. The number of hydrogen-bond acceptors (Lipinski definition) is 3. The molecule has 17 heavy (non-hydrogen) atoms. The van der Waals surface area contributed by atoms with E-state index in [1.807, 2.05) is 4.72 Å². The van der Waals surface area contributed by atoms with Gasteiger partial charge in [-0.25, -0.2) is 12.8 Å². The lowest BCUT2D eigenvalue weighted by Gasteiger charge is -2.11. The van der Waals surface area contributed by atoms with Crippen LogP contribution in [0.4, 0.5) is 4.39 Å². The summed E-state index contributed by atoms with van der Waals surface area (Å²) in [6.45, 7) is 2.77. The molecule has 0 aliphatic rings. The van der Waals surface area contributed by atoms with Crippen molar-refractivity contribution in [3.8, 4) is 0 Å². The first-order valence-electron chi connectivity index (χ1n) is 4.75. The van der Waals surface area contributed by atoms with Gasteiger partial charge < -0.3 is 5.11 Å². The topological polar surface area (TPSA) is 83.5 Å². The summed E-state index contributed by atoms with van der Waals surface area (Å²) in [5.41, 5.74) is 0.565. The molecule has 1 aromatic carbocycles. The van der Waals surface area contributed by atoms with Gasteiger partial charge in [0.2, 0.25) is 10.0 Å². The van der Waals surface area contributed by atoms with Crippen molar-refractivity contribution in [2.75, 3.05) is 0 Å². The Morgan fingerprint density at radius 2 is 2.06 bits per heavy atom. The highest BCUT2D eigenvalue weighted by Crippen LogP contribution is 2.16. The maximum absolute atomic E-state index is 13.4. The number of carboxylic acids is 1. The number of benzene rings is 1. The van der Waals surface area contributed by atoms with Crippen LogP contribution in [0.25, 0.3) is 0 Å². The van der Waals surface area contributed by atoms with Crippen LogP contribution in [-0.4, -0.2) is 25.5 Å². The summed E-state index contributed by atoms with van der Waals surface area (Å²) < 4.78 is 38.6. The largest absolute Gasteiger partial charge is 0.480 e. The van der Waals surface area contributed by atoms with Gasteiger partial charge in [-0.1, -0.05) is 6.07 Å². The van der Waals surface area contributed by atoms with E-state index in [0.29, 0.717) is 5.56 Å². The fourth-order valence-corrected chi connectivity index (χ4v) is 2.52. The molecule has 0 bridgehead atoms. The number of aryl methyl sites for hydroxylation is 1. The van der Waals surface area contributed by atoms with Gasteiger partial charge in [0, 0.05) is 0 Å². The van der Waals surface area contributed by atoms with Crippen molar-refractivity contribution < 1.29 is 22.7 Å². The second-order valence-corrected chi connectivity index (χ2v) is 5.30. The Morgan fingerprint density at radius 1 is 1.47 bits per heavy atom. The minimum atomic E-state index is -4.16. The zero-order valence-electron chi connectivity index (χ0n) is 9.27. The molecule has 0 spiro atoms. The molecule has 94 valence electrons. The number of nitrogens with one attached hydrogen (secondary N) is 1. The van der Waals surface area contributed by atoms with Crippen molar-refractivity contribution >= 4 is 16.0 Å². The summed E-state index contributed by atoms with van der Waals surface area (Å²) in [4.78, 5) is 9.99. The minimum absolute atomic E-state index is 0.550. The fourth-order valence-electron chi connectivity index (χ4n) is 1.16. The van der Waals surface area contributed by atoms with E-state index >= 15 is 0 Å². The third kappa shape index (κ3) is 3.24. The van der Waals surface area contributed by atoms with Crippen molar-refractivity contribution in [3.63, 3.8) is 0 Å². The summed E-state index contributed by atoms with van der Waals surface area (Å²) in [6.07, 6.45) is 0. The lowest BCUT2D eigenvalue weighted by atomic mass is 10.2. The Bertz CT molecular complexity index is 541. The van der Waals surface area contributed by atoms with Crippen LogP contribution in [-0.2, 0) is 14.8 Å². The summed E-state index contributed by atoms with van der Waals surface area (Å²) in [6, 6.07) is 2.27. The molecule has 1 aromatic rings. The van der Waals surface area contributed by atoms with Crippen LogP contribution in [0, 0.1) is 12.7 Å². The molecular weight excluding hydrogens is 249 g/mol. The lowest BCUT2D eigenvalue weighted by molar-refractivity contribution is -0.138. The number of carbonyl (C=O) groups is 1. The molecule has 0 amide bonds. The second-order valence-electron chi connectivity index (χ2n) is 3.62. The van der Waals surface area contributed by atoms with E-state index in [0.717, 1.165) is 19.1 Å². The fraction of sp³-hybridized carbons (Fsp3) is 0.300. The highest BCUT2D eigenvalue weighted by molar-refractivity contribution is 7.89. The van der Waals surface area contributed by atoms with Gasteiger partial charge in [-0.2, -0.15) is 4.72 Å². The van der Waals surface area contributed by atoms with Crippen molar-refractivity contribution in [1.82, 2.24) is 4.72 Å². The molecule has 1 unspecified atom stereocenters. The number of rotatable bonds is 4. The molecule has 1 atom stereocenters. The highest BCUT2D eigenvalue weighted by atomic mass is 32.2. The first kappa shape index (κ1) is 13.6. The van der Waals surface area contributed by atoms with Gasteiger partial charge in [-0.3, -0.25) is 4.79 Å². The SMILES string of the molecule is Cc1ccc(F)c(S(=O)(=O)NC(C)C(=O)O)c1. The molecule has 1 rings (SSSR count). The quantitative estimate of drug-likeness (QED) is 0.843. The molecule has 0 aromatic heterocycles. The Kier molecular flexibility index (Phi) is 3.84. The van der Waals surface area contributed by atoms with Crippen molar-refractivity contribution in [2.24, 2.45) is 0 Å². The van der Waals surface area contributed by atoms with Crippen LogP contribution in [0.1, 0.15) is 12.5 Å². The normalized spacial score (nSPS) is 13.4. The summed E-state index contributed by atoms with van der Waals surface area (Å²) in [5.74, 6) is -2.25. The minimum Gasteiger partial charge on any atom is -0.480 e. The molecular formula is C10H12FNO4S. The van der Waals surface area contributed by atoms with Crippen LogP contribution >= 0.6 is 0 Å². The van der Waals surface area contributed by atoms with E-state index in [4.69, 9.17) is 5.11 Å². The Labute approximate surface area is 98.3 Å². The van der Waals surface area contributed by atoms with Gasteiger partial charge >= 0.3 is 5.97 Å². The first-order valence-corrected chi connectivity index (χ1v) is 6.23. The summed E-state index contributed by atoms with van der Waals surface area (Å²) in [5, 5.41) is 8.60. The molecule has 0 aliphatic heterocycles. The zero-order valence-corrected chi connectivity index (χ0v) is 10.1. The Balaban J connectivity index is 3.13. The van der Waals surface area contributed by atoms with Gasteiger partial charge in [0.25, 0.3) is 0 Å². The summed E-state index contributed by atoms with van der Waals surface area (Å²) in [7, 11) is -4.16. The molecule has 0 radical (unpaired) electrons. The molecule has 7 heteroatoms. The average Bonchev–Trinajstić information content (AvgIpc) is 2.20. The summed E-state index contributed by atoms with van der Waals surface area (Å²) >= 11 is 0. The van der Waals surface area contributed by atoms with E-state index in [1.165, 1.54) is 6.07 Å². The Hall–Kier alpha value is -1.47. The molecule has 0 aliphatic carbocycles. The molecule has 5 nitrogen and oxygen atoms in total. The van der Waals surface area contributed by atoms with Gasteiger partial charge in [0.1, 0.15) is 16.8 Å². The van der Waals surface area contributed by atoms with Crippen molar-refractivity contribution in [1.29, 1.82) is 0 Å². The van der Waals surface area contributed by atoms with E-state index < -0.39 is 32.7 Å². The van der Waals surface area contributed by atoms with Crippen molar-refractivity contribution in [3.05, 3.63) is 29.6 Å². The van der Waals surface area contributed by atoms with Crippen LogP contribution in [0.3, 0.4) is 0 Å². The van der Waals surface area contributed by atoms with Gasteiger partial charge in [0.15, 0.2) is 0 Å². The number of aliphatic carboxylic acids is 1. The number of hydrogen-bond donors (Lipinski definition) is 2. The van der Waals surface area contributed by atoms with Crippen LogP contribution in [0.2, 0.25) is 0 Å². The smallest absolute Gasteiger partial charge is 0.321 e. The standard InChI is InChI=1S/C10H12FNO4S/c1-6-3-4-8(11)9(5-6)17(15,16)12-7(2)10(13)14/h3-5,7,12H,1-2H3,(H,13,14). The van der Waals surface area contributed by atoms with Gasteiger partial charge in [0.05, 0.1) is 0 Å². The van der Waals surface area contributed by atoms with Crippen LogP contribution in [0.15, 0.2) is 23.1 Å². The monoisotopic (exact) mass is 261 g/mol. The predicted molar refractivity (Wildman–Crippen MR) is 58.6 cm³/mol. The molecule has 0 saturated carbocycles. The van der Waals surface area contributed by atoms with E-state index in [1.54, 1.807) is 6.92 Å². The molecule has 0 heterocycles. The number of halogens is 1. The lowest BCUT2D eigenvalue weighted by Crippen LogP contribution is -2.38. The predicted octanol–water partition coefficient (Wildman–Crippen LogP) is 0.886. The Morgan fingerprint density at radius 3 is 2.59 bits per heavy atom. The second kappa shape index (κ2) is 4.80. The third-order valence-corrected chi connectivity index (χ3v) is 3.63. The molecule has 2 N–H and O–H groups in total. The van der Waals surface area contributed by atoms with E-state index in [2.05, 4.69) is 0 Å². The number of carboxylic acid groups (broad SMARTS) is 1. The maximum atomic E-state index is 13.4. The highest BCUT2D eigenvalue weighted by Gasteiger charge is 2.24. The van der Waals surface area contributed by atoms with Crippen LogP contribution in [0.5, 0.6) is 0 Å². The van der Waals surface area contributed by atoms with Crippen LogP contribution < -0.4 is 4.72 Å². The number of sulfonamides is 1.